The van der Waals surface area contributed by atoms with Crippen molar-refractivity contribution >= 4 is 17.5 Å². The van der Waals surface area contributed by atoms with Crippen LogP contribution in [0.25, 0.3) is 0 Å². The Labute approximate surface area is 181 Å². The third-order valence-corrected chi connectivity index (χ3v) is 5.98. The molecule has 0 bridgehead atoms. The maximum Gasteiger partial charge on any atom is 0.334 e. The first-order valence-electron chi connectivity index (χ1n) is 10.3. The molecular weight excluding hydrogens is 404 g/mol. The fourth-order valence-corrected chi connectivity index (χ4v) is 4.33. The molecule has 168 valence electrons. The second kappa shape index (κ2) is 9.42. The van der Waals surface area contributed by atoms with Gasteiger partial charge in [-0.2, -0.15) is 0 Å². The van der Waals surface area contributed by atoms with Crippen molar-refractivity contribution in [3.63, 3.8) is 0 Å². The van der Waals surface area contributed by atoms with Gasteiger partial charge in [-0.1, -0.05) is 12.2 Å². The van der Waals surface area contributed by atoms with Crippen LogP contribution >= 0.6 is 0 Å². The summed E-state index contributed by atoms with van der Waals surface area (Å²) in [4.78, 5) is 34.2. The summed E-state index contributed by atoms with van der Waals surface area (Å²) < 4.78 is 16.3. The van der Waals surface area contributed by atoms with E-state index in [4.69, 9.17) is 14.2 Å². The maximum atomic E-state index is 12.2. The van der Waals surface area contributed by atoms with Crippen molar-refractivity contribution in [3.8, 4) is 0 Å². The largest absolute Gasteiger partial charge is 0.500 e. The first kappa shape index (κ1) is 22.7. The molecule has 1 aromatic rings. The minimum atomic E-state index is -1.01. The molecule has 1 aromatic heterocycles. The van der Waals surface area contributed by atoms with Gasteiger partial charge >= 0.3 is 11.7 Å². The van der Waals surface area contributed by atoms with Gasteiger partial charge in [0.15, 0.2) is 0 Å². The molecule has 0 amide bonds. The molecular formula is C21H28N4O6. The number of aromatic nitrogens is 2. The first-order valence-corrected chi connectivity index (χ1v) is 10.3. The number of carbonyl (C=O) groups excluding carboxylic acids is 1. The van der Waals surface area contributed by atoms with Crippen LogP contribution in [0, 0.1) is 16.0 Å². The Morgan fingerprint density at radius 1 is 1.32 bits per heavy atom. The summed E-state index contributed by atoms with van der Waals surface area (Å²) in [5.41, 5.74) is -0.971. The van der Waals surface area contributed by atoms with E-state index in [0.717, 1.165) is 0 Å². The number of carbonyl (C=O) groups is 1. The standard InChI is InChI=1S/C21H28N4O6/c1-5-31-20(26)14-9-11-24(12-10-14)19-17(25(27)28)18(22-13-23-19)21(2)15(29-3)7-6-8-16(21)30-4/h6-8,13-15H,5,9-12H2,1-4H3. The van der Waals surface area contributed by atoms with Crippen LogP contribution < -0.4 is 4.90 Å². The average Bonchev–Trinajstić information content (AvgIpc) is 2.78. The minimum absolute atomic E-state index is 0.181. The summed E-state index contributed by atoms with van der Waals surface area (Å²) in [6.07, 6.45) is 7.27. The predicted octanol–water partition coefficient (Wildman–Crippen LogP) is 2.54. The highest BCUT2D eigenvalue weighted by molar-refractivity contribution is 5.73. The quantitative estimate of drug-likeness (QED) is 0.364. The van der Waals surface area contributed by atoms with Crippen LogP contribution in [0.2, 0.25) is 0 Å². The molecule has 3 rings (SSSR count). The van der Waals surface area contributed by atoms with Gasteiger partial charge in [-0.05, 0) is 32.8 Å². The van der Waals surface area contributed by atoms with Gasteiger partial charge in [-0.3, -0.25) is 14.9 Å². The van der Waals surface area contributed by atoms with Crippen molar-refractivity contribution in [2.75, 3.05) is 38.8 Å². The summed E-state index contributed by atoms with van der Waals surface area (Å²) in [5.74, 6) is 0.312. The Bertz CT molecular complexity index is 894. The third-order valence-electron chi connectivity index (χ3n) is 5.98. The van der Waals surface area contributed by atoms with Crippen LogP contribution in [0.4, 0.5) is 11.5 Å². The highest BCUT2D eigenvalue weighted by atomic mass is 16.6. The number of nitrogens with zero attached hydrogens (tertiary/aromatic N) is 4. The maximum absolute atomic E-state index is 12.2. The molecule has 2 heterocycles. The van der Waals surface area contributed by atoms with Crippen molar-refractivity contribution in [1.82, 2.24) is 9.97 Å². The van der Waals surface area contributed by atoms with E-state index < -0.39 is 16.4 Å². The normalized spacial score (nSPS) is 23.9. The molecule has 1 fully saturated rings. The van der Waals surface area contributed by atoms with E-state index in [1.807, 2.05) is 17.9 Å². The van der Waals surface area contributed by atoms with Crippen molar-refractivity contribution in [3.05, 3.63) is 46.1 Å². The van der Waals surface area contributed by atoms with E-state index in [0.29, 0.717) is 38.3 Å². The van der Waals surface area contributed by atoms with Gasteiger partial charge in [0.2, 0.25) is 5.82 Å². The second-order valence-electron chi connectivity index (χ2n) is 7.64. The number of allylic oxidation sites excluding steroid dienone is 2. The van der Waals surface area contributed by atoms with E-state index in [1.54, 1.807) is 26.2 Å². The number of ether oxygens (including phenoxy) is 3. The number of anilines is 1. The Hall–Kier alpha value is -3.01. The zero-order valence-electron chi connectivity index (χ0n) is 18.2. The molecule has 31 heavy (non-hydrogen) atoms. The Kier molecular flexibility index (Phi) is 6.89. The zero-order chi connectivity index (χ0) is 22.6. The second-order valence-corrected chi connectivity index (χ2v) is 7.64. The number of methoxy groups -OCH3 is 2. The molecule has 10 nitrogen and oxygen atoms in total. The van der Waals surface area contributed by atoms with E-state index >= 15 is 0 Å². The van der Waals surface area contributed by atoms with Crippen molar-refractivity contribution in [1.29, 1.82) is 0 Å². The Balaban J connectivity index is 2.00. The average molecular weight is 432 g/mol. The van der Waals surface area contributed by atoms with Gasteiger partial charge in [0.1, 0.15) is 23.2 Å². The van der Waals surface area contributed by atoms with Crippen molar-refractivity contribution in [2.45, 2.75) is 38.2 Å². The lowest BCUT2D eigenvalue weighted by molar-refractivity contribution is -0.386. The SMILES string of the molecule is CCOC(=O)C1CCN(c2ncnc(C3(C)C(OC)=CC=CC3OC)c2[N+](=O)[O-])CC1. The van der Waals surface area contributed by atoms with Gasteiger partial charge in [-0.25, -0.2) is 9.97 Å². The van der Waals surface area contributed by atoms with Crippen LogP contribution in [-0.2, 0) is 24.4 Å². The minimum Gasteiger partial charge on any atom is -0.500 e. The molecule has 1 aliphatic carbocycles. The fourth-order valence-electron chi connectivity index (χ4n) is 4.33. The van der Waals surface area contributed by atoms with Crippen LogP contribution in [0.3, 0.4) is 0 Å². The van der Waals surface area contributed by atoms with Gasteiger partial charge in [-0.15, -0.1) is 0 Å². The number of hydrogen-bond donors (Lipinski definition) is 0. The summed E-state index contributed by atoms with van der Waals surface area (Å²) in [6.45, 7) is 4.83. The van der Waals surface area contributed by atoms with E-state index in [9.17, 15) is 14.9 Å². The molecule has 2 unspecified atom stereocenters. The van der Waals surface area contributed by atoms with Gasteiger partial charge in [0.05, 0.1) is 30.7 Å². The number of esters is 1. The molecule has 1 saturated heterocycles. The molecule has 0 saturated carbocycles. The van der Waals surface area contributed by atoms with Crippen molar-refractivity contribution in [2.24, 2.45) is 5.92 Å². The van der Waals surface area contributed by atoms with E-state index in [1.165, 1.54) is 13.4 Å². The topological polar surface area (TPSA) is 117 Å². The molecule has 0 aromatic carbocycles. The fraction of sp³-hybridized carbons (Fsp3) is 0.571. The van der Waals surface area contributed by atoms with E-state index in [-0.39, 0.29) is 29.1 Å². The lowest BCUT2D eigenvalue weighted by Crippen LogP contribution is -2.43. The summed E-state index contributed by atoms with van der Waals surface area (Å²) in [6, 6.07) is 0. The molecule has 0 N–H and O–H groups in total. The van der Waals surface area contributed by atoms with Gasteiger partial charge < -0.3 is 19.1 Å². The molecule has 10 heteroatoms. The van der Waals surface area contributed by atoms with Crippen molar-refractivity contribution < 1.29 is 23.9 Å². The van der Waals surface area contributed by atoms with Gasteiger partial charge in [0.25, 0.3) is 0 Å². The Morgan fingerprint density at radius 2 is 2.03 bits per heavy atom. The molecule has 1 aliphatic heterocycles. The van der Waals surface area contributed by atoms with Crippen LogP contribution in [0.1, 0.15) is 32.4 Å². The van der Waals surface area contributed by atoms with Crippen LogP contribution in [0.5, 0.6) is 0 Å². The van der Waals surface area contributed by atoms with Crippen LogP contribution in [-0.4, -0.2) is 60.9 Å². The number of rotatable bonds is 7. The molecule has 2 atom stereocenters. The lowest BCUT2D eigenvalue weighted by Gasteiger charge is -2.38. The van der Waals surface area contributed by atoms with Crippen LogP contribution in [0.15, 0.2) is 30.3 Å². The number of hydrogen-bond acceptors (Lipinski definition) is 9. The van der Waals surface area contributed by atoms with Gasteiger partial charge in [0, 0.05) is 20.2 Å². The zero-order valence-corrected chi connectivity index (χ0v) is 18.2. The number of piperidine rings is 1. The highest BCUT2D eigenvalue weighted by Crippen LogP contribution is 2.45. The summed E-state index contributed by atoms with van der Waals surface area (Å²) in [7, 11) is 3.06. The Morgan fingerprint density at radius 3 is 2.61 bits per heavy atom. The first-order chi connectivity index (χ1) is 14.9. The smallest absolute Gasteiger partial charge is 0.334 e. The third kappa shape index (κ3) is 4.12. The monoisotopic (exact) mass is 432 g/mol. The van der Waals surface area contributed by atoms with E-state index in [2.05, 4.69) is 9.97 Å². The summed E-state index contributed by atoms with van der Waals surface area (Å²) >= 11 is 0. The number of nitro groups is 1. The highest BCUT2D eigenvalue weighted by Gasteiger charge is 2.48. The molecule has 0 spiro atoms. The molecule has 2 aliphatic rings. The lowest BCUT2D eigenvalue weighted by atomic mass is 9.75. The summed E-state index contributed by atoms with van der Waals surface area (Å²) in [5, 5.41) is 12.2. The molecule has 0 radical (unpaired) electrons. The predicted molar refractivity (Wildman–Crippen MR) is 113 cm³/mol.